The largest absolute Gasteiger partial charge is 0.325 e. The van der Waals surface area contributed by atoms with Crippen molar-refractivity contribution < 1.29 is 19.3 Å². The van der Waals surface area contributed by atoms with Crippen LogP contribution in [0.5, 0.6) is 0 Å². The molecule has 1 atom stereocenters. The minimum Gasteiger partial charge on any atom is -0.319 e. The van der Waals surface area contributed by atoms with Crippen LogP contribution in [0.4, 0.5) is 16.2 Å². The van der Waals surface area contributed by atoms with Gasteiger partial charge in [0.25, 0.3) is 11.6 Å². The predicted octanol–water partition coefficient (Wildman–Crippen LogP) is 2.78. The van der Waals surface area contributed by atoms with Gasteiger partial charge in [0.15, 0.2) is 0 Å². The van der Waals surface area contributed by atoms with Crippen LogP contribution in [-0.4, -0.2) is 34.2 Å². The summed E-state index contributed by atoms with van der Waals surface area (Å²) < 4.78 is 0. The molecule has 2 aromatic rings. The molecule has 150 valence electrons. The van der Waals surface area contributed by atoms with E-state index in [1.165, 1.54) is 24.3 Å². The number of hydrogen-bond acceptors (Lipinski definition) is 5. The van der Waals surface area contributed by atoms with Crippen molar-refractivity contribution in [1.29, 1.82) is 0 Å². The van der Waals surface area contributed by atoms with Gasteiger partial charge in [0, 0.05) is 6.07 Å². The topological polar surface area (TPSA) is 122 Å². The Balaban J connectivity index is 1.81. The van der Waals surface area contributed by atoms with Gasteiger partial charge in [-0.3, -0.25) is 24.6 Å². The minimum absolute atomic E-state index is 0.00238. The van der Waals surface area contributed by atoms with Crippen molar-refractivity contribution in [3.05, 3.63) is 70.3 Å². The molecular formula is C20H20N4O5. The number of urea groups is 1. The number of benzene rings is 2. The van der Waals surface area contributed by atoms with Crippen molar-refractivity contribution in [2.75, 3.05) is 11.9 Å². The van der Waals surface area contributed by atoms with E-state index in [9.17, 15) is 24.5 Å². The average Bonchev–Trinajstić information content (AvgIpc) is 2.94. The highest BCUT2D eigenvalue weighted by Gasteiger charge is 2.52. The minimum atomic E-state index is -1.23. The van der Waals surface area contributed by atoms with Crippen LogP contribution in [0.2, 0.25) is 0 Å². The Bertz CT molecular complexity index is 962. The zero-order chi connectivity index (χ0) is 21.0. The van der Waals surface area contributed by atoms with E-state index >= 15 is 0 Å². The lowest BCUT2D eigenvalue weighted by atomic mass is 9.85. The van der Waals surface area contributed by atoms with Gasteiger partial charge in [-0.05, 0) is 18.1 Å². The molecule has 9 heteroatoms. The van der Waals surface area contributed by atoms with Crippen LogP contribution in [-0.2, 0) is 15.1 Å². The molecule has 2 aromatic carbocycles. The first kappa shape index (κ1) is 20.0. The van der Waals surface area contributed by atoms with Crippen molar-refractivity contribution in [1.82, 2.24) is 10.2 Å². The van der Waals surface area contributed by atoms with Gasteiger partial charge >= 0.3 is 6.03 Å². The summed E-state index contributed by atoms with van der Waals surface area (Å²) in [6, 6.07) is 13.8. The number of anilines is 1. The Hall–Kier alpha value is -3.75. The standard InChI is InChI=1S/C20H20N4O5/c1-2-12-20(14-8-4-3-5-9-14)18(26)23(19(27)22-20)13-17(25)21-15-10-6-7-11-16(15)24(28)29/h3-11H,2,12-13H2,1H3,(H,21,25)(H,22,27)/t20-/m1/s1. The number of amides is 4. The van der Waals surface area contributed by atoms with E-state index in [0.717, 1.165) is 4.90 Å². The Morgan fingerprint density at radius 3 is 2.45 bits per heavy atom. The van der Waals surface area contributed by atoms with E-state index < -0.39 is 34.9 Å². The third kappa shape index (κ3) is 3.79. The molecule has 0 saturated carbocycles. The molecule has 3 rings (SSSR count). The monoisotopic (exact) mass is 396 g/mol. The van der Waals surface area contributed by atoms with Crippen LogP contribution in [0.25, 0.3) is 0 Å². The Labute approximate surface area is 166 Å². The number of nitrogens with one attached hydrogen (secondary N) is 2. The quantitative estimate of drug-likeness (QED) is 0.423. The van der Waals surface area contributed by atoms with Gasteiger partial charge in [-0.2, -0.15) is 0 Å². The van der Waals surface area contributed by atoms with Crippen LogP contribution in [0, 0.1) is 10.1 Å². The Morgan fingerprint density at radius 2 is 1.79 bits per heavy atom. The van der Waals surface area contributed by atoms with Crippen molar-refractivity contribution in [3.63, 3.8) is 0 Å². The molecule has 9 nitrogen and oxygen atoms in total. The predicted molar refractivity (Wildman–Crippen MR) is 105 cm³/mol. The number of nitro groups is 1. The number of nitrogens with zero attached hydrogens (tertiary/aromatic N) is 2. The summed E-state index contributed by atoms with van der Waals surface area (Å²) in [7, 11) is 0. The second-order valence-electron chi connectivity index (χ2n) is 6.67. The maximum Gasteiger partial charge on any atom is 0.325 e. The smallest absolute Gasteiger partial charge is 0.319 e. The SMILES string of the molecule is CCC[C@]1(c2ccccc2)NC(=O)N(CC(=O)Nc2ccccc2[N+](=O)[O-])C1=O. The molecule has 29 heavy (non-hydrogen) atoms. The van der Waals surface area contributed by atoms with Crippen LogP contribution in [0.1, 0.15) is 25.3 Å². The summed E-state index contributed by atoms with van der Waals surface area (Å²) in [5.74, 6) is -1.23. The number of para-hydroxylation sites is 2. The maximum atomic E-state index is 13.1. The van der Waals surface area contributed by atoms with Crippen molar-refractivity contribution in [2.45, 2.75) is 25.3 Å². The van der Waals surface area contributed by atoms with Gasteiger partial charge in [-0.15, -0.1) is 0 Å². The molecule has 0 unspecified atom stereocenters. The number of carbonyl (C=O) groups is 3. The molecule has 2 N–H and O–H groups in total. The molecule has 1 aliphatic rings. The molecule has 1 saturated heterocycles. The molecule has 1 fully saturated rings. The summed E-state index contributed by atoms with van der Waals surface area (Å²) in [5, 5.41) is 16.2. The highest BCUT2D eigenvalue weighted by Crippen LogP contribution is 2.33. The number of hydrogen-bond donors (Lipinski definition) is 2. The van der Waals surface area contributed by atoms with Gasteiger partial charge in [-0.1, -0.05) is 55.8 Å². The van der Waals surface area contributed by atoms with Crippen molar-refractivity contribution in [3.8, 4) is 0 Å². The third-order valence-corrected chi connectivity index (χ3v) is 4.74. The maximum absolute atomic E-state index is 13.1. The van der Waals surface area contributed by atoms with Crippen LogP contribution >= 0.6 is 0 Å². The average molecular weight is 396 g/mol. The summed E-state index contributed by atoms with van der Waals surface area (Å²) in [4.78, 5) is 49.4. The molecule has 0 aliphatic carbocycles. The molecular weight excluding hydrogens is 376 g/mol. The summed E-state index contributed by atoms with van der Waals surface area (Å²) in [6.45, 7) is 1.35. The molecule has 0 spiro atoms. The Morgan fingerprint density at radius 1 is 1.14 bits per heavy atom. The normalized spacial score (nSPS) is 18.4. The van der Waals surface area contributed by atoms with Crippen LogP contribution in [0.15, 0.2) is 54.6 Å². The molecule has 0 bridgehead atoms. The lowest BCUT2D eigenvalue weighted by molar-refractivity contribution is -0.383. The molecule has 4 amide bonds. The molecule has 1 heterocycles. The van der Waals surface area contributed by atoms with E-state index in [-0.39, 0.29) is 11.4 Å². The van der Waals surface area contributed by atoms with Gasteiger partial charge in [0.1, 0.15) is 17.8 Å². The first-order valence-corrected chi connectivity index (χ1v) is 9.12. The van der Waals surface area contributed by atoms with Gasteiger partial charge in [-0.25, -0.2) is 4.79 Å². The van der Waals surface area contributed by atoms with Crippen molar-refractivity contribution >= 4 is 29.2 Å². The summed E-state index contributed by atoms with van der Waals surface area (Å²) >= 11 is 0. The second kappa shape index (κ2) is 8.09. The third-order valence-electron chi connectivity index (χ3n) is 4.74. The number of nitro benzene ring substituents is 1. The number of carbonyl (C=O) groups excluding carboxylic acids is 3. The van der Waals surface area contributed by atoms with E-state index in [1.54, 1.807) is 24.3 Å². The number of rotatable bonds is 7. The highest BCUT2D eigenvalue weighted by molar-refractivity contribution is 6.10. The lowest BCUT2D eigenvalue weighted by Crippen LogP contribution is -2.44. The van der Waals surface area contributed by atoms with Crippen LogP contribution < -0.4 is 10.6 Å². The fraction of sp³-hybridized carbons (Fsp3) is 0.250. The zero-order valence-corrected chi connectivity index (χ0v) is 15.8. The van der Waals surface area contributed by atoms with Gasteiger partial charge in [0.2, 0.25) is 5.91 Å². The lowest BCUT2D eigenvalue weighted by Gasteiger charge is -2.26. The molecule has 0 aromatic heterocycles. The first-order chi connectivity index (χ1) is 13.9. The fourth-order valence-electron chi connectivity index (χ4n) is 3.45. The molecule has 0 radical (unpaired) electrons. The van der Waals surface area contributed by atoms with Crippen molar-refractivity contribution in [2.24, 2.45) is 0 Å². The number of imide groups is 1. The fourth-order valence-corrected chi connectivity index (χ4v) is 3.45. The van der Waals surface area contributed by atoms with E-state index in [4.69, 9.17) is 0 Å². The Kier molecular flexibility index (Phi) is 5.58. The second-order valence-corrected chi connectivity index (χ2v) is 6.67. The van der Waals surface area contributed by atoms with Gasteiger partial charge < -0.3 is 10.6 Å². The molecule has 1 aliphatic heterocycles. The first-order valence-electron chi connectivity index (χ1n) is 9.12. The van der Waals surface area contributed by atoms with Crippen LogP contribution in [0.3, 0.4) is 0 Å². The van der Waals surface area contributed by atoms with Gasteiger partial charge in [0.05, 0.1) is 4.92 Å². The highest BCUT2D eigenvalue weighted by atomic mass is 16.6. The zero-order valence-electron chi connectivity index (χ0n) is 15.8. The van der Waals surface area contributed by atoms with E-state index in [2.05, 4.69) is 10.6 Å². The van der Waals surface area contributed by atoms with E-state index in [0.29, 0.717) is 18.4 Å². The summed E-state index contributed by atoms with van der Waals surface area (Å²) in [5.41, 5.74) is -0.867. The van der Waals surface area contributed by atoms with E-state index in [1.807, 2.05) is 13.0 Å². The summed E-state index contributed by atoms with van der Waals surface area (Å²) in [6.07, 6.45) is 1.01.